The molecule has 0 fully saturated rings. The summed E-state index contributed by atoms with van der Waals surface area (Å²) in [7, 11) is 0. The number of guanidine groups is 1. The molecule has 7 nitrogen and oxygen atoms in total. The van der Waals surface area contributed by atoms with Crippen LogP contribution in [0, 0.1) is 4.91 Å². The molecular formula is CH3N6O+. The lowest BCUT2D eigenvalue weighted by atomic mass is 11.1. The zero-order chi connectivity index (χ0) is 5.98. The first-order valence-electron chi connectivity index (χ1n) is 1.79. The van der Waals surface area contributed by atoms with Crippen LogP contribution in [0.3, 0.4) is 0 Å². The maximum absolute atomic E-state index is 9.62. The van der Waals surface area contributed by atoms with Crippen molar-refractivity contribution in [3.05, 3.63) is 4.91 Å². The summed E-state index contributed by atoms with van der Waals surface area (Å²) in [4.78, 5) is 9.62. The van der Waals surface area contributed by atoms with E-state index in [9.17, 15) is 4.91 Å². The van der Waals surface area contributed by atoms with Gasteiger partial charge in [0.2, 0.25) is 0 Å². The summed E-state index contributed by atoms with van der Waals surface area (Å²) in [5.74, 6) is -0.0278. The van der Waals surface area contributed by atoms with Gasteiger partial charge in [0.1, 0.15) is 0 Å². The molecule has 0 aromatic carbocycles. The Morgan fingerprint density at radius 3 is 2.75 bits per heavy atom. The molecule has 1 aliphatic rings. The van der Waals surface area contributed by atoms with Crippen LogP contribution in [0.5, 0.6) is 0 Å². The zero-order valence-corrected chi connectivity index (χ0v) is 3.77. The fourth-order valence-corrected chi connectivity index (χ4v) is 0.274. The Morgan fingerprint density at radius 2 is 2.50 bits per heavy atom. The number of quaternary nitrogens is 1. The molecule has 0 saturated heterocycles. The first-order valence-corrected chi connectivity index (χ1v) is 1.79. The van der Waals surface area contributed by atoms with Crippen LogP contribution in [0.1, 0.15) is 0 Å². The maximum atomic E-state index is 9.62. The zero-order valence-electron chi connectivity index (χ0n) is 3.77. The molecule has 0 bridgehead atoms. The fraction of sp³-hybridized carbons (Fsp3) is 0. The average Bonchev–Trinajstić information content (AvgIpc) is 2.14. The second kappa shape index (κ2) is 1.62. The van der Waals surface area contributed by atoms with Crippen molar-refractivity contribution in [3.8, 4) is 0 Å². The molecule has 0 aliphatic carbocycles. The van der Waals surface area contributed by atoms with Crippen molar-refractivity contribution >= 4 is 5.96 Å². The van der Waals surface area contributed by atoms with E-state index in [0.717, 1.165) is 0 Å². The van der Waals surface area contributed by atoms with Gasteiger partial charge in [-0.15, -0.1) is 0 Å². The number of hydrogen-bond acceptors (Lipinski definition) is 6. The van der Waals surface area contributed by atoms with Crippen LogP contribution in [-0.4, -0.2) is 5.96 Å². The monoisotopic (exact) mass is 115 g/mol. The molecule has 42 valence electrons. The Hall–Kier alpha value is -1.37. The number of nitrogens with two attached hydrogens (primary N) is 1. The largest absolute Gasteiger partial charge is 0.377 e. The van der Waals surface area contributed by atoms with E-state index >= 15 is 0 Å². The molecular weight excluding hydrogens is 112 g/mol. The second-order valence-electron chi connectivity index (χ2n) is 1.09. The van der Waals surface area contributed by atoms with Gasteiger partial charge < -0.3 is 5.73 Å². The highest BCUT2D eigenvalue weighted by molar-refractivity contribution is 5.68. The van der Waals surface area contributed by atoms with E-state index in [0.29, 0.717) is 0 Å². The Balaban J connectivity index is 2.71. The van der Waals surface area contributed by atoms with Crippen LogP contribution in [0.15, 0.2) is 20.8 Å². The van der Waals surface area contributed by atoms with Gasteiger partial charge in [0.05, 0.1) is 5.22 Å². The molecule has 1 atom stereocenters. The van der Waals surface area contributed by atoms with Crippen molar-refractivity contribution in [1.29, 1.82) is 0 Å². The van der Waals surface area contributed by atoms with E-state index in [2.05, 4.69) is 20.8 Å². The molecule has 7 heteroatoms. The predicted octanol–water partition coefficient (Wildman–Crippen LogP) is -1.84. The van der Waals surface area contributed by atoms with Crippen LogP contribution in [-0.2, 0) is 0 Å². The third-order valence-electron chi connectivity index (χ3n) is 0.607. The molecule has 1 aliphatic heterocycles. The van der Waals surface area contributed by atoms with Crippen LogP contribution in [0.2, 0.25) is 0 Å². The third-order valence-corrected chi connectivity index (χ3v) is 0.607. The van der Waals surface area contributed by atoms with Crippen molar-refractivity contribution in [3.63, 3.8) is 0 Å². The van der Waals surface area contributed by atoms with Crippen LogP contribution >= 0.6 is 0 Å². The SMILES string of the molecule is NC1=NN=N[NH+]1N=O. The molecule has 1 unspecified atom stereocenters. The predicted molar refractivity (Wildman–Crippen MR) is 23.2 cm³/mol. The number of nitroso groups, excluding NO2 is 1. The van der Waals surface area contributed by atoms with Gasteiger partial charge in [0, 0.05) is 10.3 Å². The van der Waals surface area contributed by atoms with Crippen molar-refractivity contribution < 1.29 is 5.12 Å². The van der Waals surface area contributed by atoms with E-state index in [1.165, 1.54) is 0 Å². The summed E-state index contributed by atoms with van der Waals surface area (Å²) < 4.78 is 0. The smallest absolute Gasteiger partial charge is 0.332 e. The molecule has 0 spiro atoms. The molecule has 1 heterocycles. The van der Waals surface area contributed by atoms with Gasteiger partial charge in [0.15, 0.2) is 5.29 Å². The first-order chi connectivity index (χ1) is 3.84. The summed E-state index contributed by atoms with van der Waals surface area (Å²) in [6.07, 6.45) is 0. The van der Waals surface area contributed by atoms with Gasteiger partial charge in [0.25, 0.3) is 0 Å². The van der Waals surface area contributed by atoms with E-state index in [1.807, 2.05) is 0 Å². The summed E-state index contributed by atoms with van der Waals surface area (Å²) in [5.41, 5.74) is 5.02. The second-order valence-corrected chi connectivity index (χ2v) is 1.09. The molecule has 8 heavy (non-hydrogen) atoms. The number of hydrogen-bond donors (Lipinski definition) is 2. The number of nitrogens with one attached hydrogen (secondary N) is 1. The Morgan fingerprint density at radius 1 is 1.75 bits per heavy atom. The summed E-state index contributed by atoms with van der Waals surface area (Å²) in [6.45, 7) is 0. The fourth-order valence-electron chi connectivity index (χ4n) is 0.274. The van der Waals surface area contributed by atoms with Crippen molar-refractivity contribution in [1.82, 2.24) is 0 Å². The Bertz CT molecular complexity index is 158. The summed E-state index contributed by atoms with van der Waals surface area (Å²) in [6, 6.07) is 0. The minimum Gasteiger partial charge on any atom is -0.332 e. The minimum absolute atomic E-state index is 0.0278. The highest BCUT2D eigenvalue weighted by Gasteiger charge is 2.19. The van der Waals surface area contributed by atoms with Crippen molar-refractivity contribution in [2.24, 2.45) is 26.6 Å². The Labute approximate surface area is 43.8 Å². The summed E-state index contributed by atoms with van der Waals surface area (Å²) >= 11 is 0. The first kappa shape index (κ1) is 4.78. The normalized spacial score (nSPS) is 25.5. The molecule has 0 aromatic heterocycles. The van der Waals surface area contributed by atoms with E-state index in [1.54, 1.807) is 0 Å². The molecule has 0 radical (unpaired) electrons. The van der Waals surface area contributed by atoms with Crippen LogP contribution in [0.4, 0.5) is 0 Å². The van der Waals surface area contributed by atoms with Crippen LogP contribution < -0.4 is 10.9 Å². The van der Waals surface area contributed by atoms with Gasteiger partial charge in [-0.3, -0.25) is 0 Å². The Kier molecular flexibility index (Phi) is 0.968. The topological polar surface area (TPSA) is 97.0 Å². The van der Waals surface area contributed by atoms with Gasteiger partial charge in [-0.05, 0) is 5.10 Å². The maximum Gasteiger partial charge on any atom is 0.377 e. The minimum atomic E-state index is -0.148. The van der Waals surface area contributed by atoms with Gasteiger partial charge in [-0.25, -0.2) is 0 Å². The van der Waals surface area contributed by atoms with Crippen LogP contribution in [0.25, 0.3) is 0 Å². The number of rotatable bonds is 1. The lowest BCUT2D eigenvalue weighted by molar-refractivity contribution is -0.824. The van der Waals surface area contributed by atoms with E-state index < -0.39 is 0 Å². The quantitative estimate of drug-likeness (QED) is 0.393. The summed E-state index contributed by atoms with van der Waals surface area (Å²) in [5, 5.41) is 11.7. The highest BCUT2D eigenvalue weighted by atomic mass is 16.3. The lowest BCUT2D eigenvalue weighted by Gasteiger charge is -1.84. The molecule has 0 amide bonds. The lowest BCUT2D eigenvalue weighted by Crippen LogP contribution is -3.06. The van der Waals surface area contributed by atoms with E-state index in [-0.39, 0.29) is 11.1 Å². The van der Waals surface area contributed by atoms with Crippen molar-refractivity contribution in [2.75, 3.05) is 0 Å². The van der Waals surface area contributed by atoms with E-state index in [4.69, 9.17) is 5.73 Å². The third kappa shape index (κ3) is 0.540. The van der Waals surface area contributed by atoms with Gasteiger partial charge in [-0.2, -0.15) is 0 Å². The van der Waals surface area contributed by atoms with Gasteiger partial charge >= 0.3 is 5.96 Å². The molecule has 1 rings (SSSR count). The average molecular weight is 115 g/mol. The molecule has 0 aromatic rings. The highest BCUT2D eigenvalue weighted by Crippen LogP contribution is 1.74. The standard InChI is InChI=1S/CH2N6O/c2-1-3-4-5-7(1)6-8/h(H2,2,3,5)/p+1. The molecule has 3 N–H and O–H groups in total. The molecule has 0 saturated carbocycles. The van der Waals surface area contributed by atoms with Gasteiger partial charge in [-0.1, -0.05) is 4.91 Å². The van der Waals surface area contributed by atoms with Crippen molar-refractivity contribution in [2.45, 2.75) is 0 Å². The number of nitrogens with zero attached hydrogens (tertiary/aromatic N) is 4.